The van der Waals surface area contributed by atoms with Crippen LogP contribution in [0.3, 0.4) is 0 Å². The third kappa shape index (κ3) is 1.57. The van der Waals surface area contributed by atoms with Crippen LogP contribution in [0.25, 0.3) is 17.0 Å². The number of nitrogens with one attached hydrogen (secondary N) is 1. The molecule has 0 aliphatic rings. The summed E-state index contributed by atoms with van der Waals surface area (Å²) in [6.45, 7) is 1.52. The molecule has 0 unspecified atom stereocenters. The van der Waals surface area contributed by atoms with Gasteiger partial charge in [0.1, 0.15) is 0 Å². The van der Waals surface area contributed by atoms with E-state index < -0.39 is 0 Å². The fourth-order valence-electron chi connectivity index (χ4n) is 1.31. The van der Waals surface area contributed by atoms with Crippen LogP contribution in [0.2, 0.25) is 0 Å². The SMILES string of the molecule is CC(=O)C=Cc1n[nH]c2ccccc12. The number of nitrogens with zero attached hydrogens (tertiary/aromatic N) is 1. The molecule has 2 rings (SSSR count). The number of fused-ring (bicyclic) bond motifs is 1. The van der Waals surface area contributed by atoms with Gasteiger partial charge in [-0.3, -0.25) is 9.89 Å². The van der Waals surface area contributed by atoms with E-state index in [-0.39, 0.29) is 5.78 Å². The van der Waals surface area contributed by atoms with Crippen molar-refractivity contribution in [3.63, 3.8) is 0 Å². The van der Waals surface area contributed by atoms with Crippen LogP contribution in [0.15, 0.2) is 30.3 Å². The van der Waals surface area contributed by atoms with Crippen LogP contribution in [0.4, 0.5) is 0 Å². The smallest absolute Gasteiger partial charge is 0.152 e. The van der Waals surface area contributed by atoms with Gasteiger partial charge >= 0.3 is 0 Å². The Hall–Kier alpha value is -1.90. The van der Waals surface area contributed by atoms with E-state index in [0.717, 1.165) is 16.6 Å². The average Bonchev–Trinajstić information content (AvgIpc) is 2.58. The molecule has 0 aliphatic carbocycles. The molecule has 3 nitrogen and oxygen atoms in total. The van der Waals surface area contributed by atoms with E-state index in [1.54, 1.807) is 6.08 Å². The van der Waals surface area contributed by atoms with E-state index in [1.165, 1.54) is 13.0 Å². The highest BCUT2D eigenvalue weighted by molar-refractivity contribution is 5.94. The van der Waals surface area contributed by atoms with Crippen molar-refractivity contribution in [2.75, 3.05) is 0 Å². The number of allylic oxidation sites excluding steroid dienone is 1. The summed E-state index contributed by atoms with van der Waals surface area (Å²) in [5.74, 6) is 0.0251. The van der Waals surface area contributed by atoms with Gasteiger partial charge in [0.2, 0.25) is 0 Å². The summed E-state index contributed by atoms with van der Waals surface area (Å²) in [6.07, 6.45) is 3.24. The van der Waals surface area contributed by atoms with Crippen LogP contribution in [0, 0.1) is 0 Å². The Balaban J connectivity index is 2.48. The van der Waals surface area contributed by atoms with Crippen LogP contribution < -0.4 is 0 Å². The molecule has 2 aromatic rings. The van der Waals surface area contributed by atoms with E-state index in [1.807, 2.05) is 24.3 Å². The third-order valence-corrected chi connectivity index (χ3v) is 1.98. The number of aromatic nitrogens is 2. The first-order valence-corrected chi connectivity index (χ1v) is 4.39. The minimum Gasteiger partial charge on any atom is -0.295 e. The van der Waals surface area contributed by atoms with Crippen molar-refractivity contribution < 1.29 is 4.79 Å². The van der Waals surface area contributed by atoms with E-state index in [9.17, 15) is 4.79 Å². The van der Waals surface area contributed by atoms with Gasteiger partial charge in [0.25, 0.3) is 0 Å². The number of aromatic amines is 1. The molecule has 0 spiro atoms. The molecule has 70 valence electrons. The third-order valence-electron chi connectivity index (χ3n) is 1.98. The zero-order valence-corrected chi connectivity index (χ0v) is 7.82. The molecule has 0 saturated heterocycles. The van der Waals surface area contributed by atoms with Crippen molar-refractivity contribution in [2.24, 2.45) is 0 Å². The molecule has 3 heteroatoms. The lowest BCUT2D eigenvalue weighted by Gasteiger charge is -1.87. The molecule has 0 radical (unpaired) electrons. The van der Waals surface area contributed by atoms with E-state index in [0.29, 0.717) is 0 Å². The van der Waals surface area contributed by atoms with Crippen LogP contribution in [0.1, 0.15) is 12.6 Å². The molecule has 0 atom stereocenters. The number of H-pyrrole nitrogens is 1. The normalized spacial score (nSPS) is 11.2. The second kappa shape index (κ2) is 3.46. The number of para-hydroxylation sites is 1. The number of hydrogen-bond donors (Lipinski definition) is 1. The lowest BCUT2D eigenvalue weighted by Crippen LogP contribution is -1.80. The molecule has 1 heterocycles. The lowest BCUT2D eigenvalue weighted by molar-refractivity contribution is -0.112. The Morgan fingerprint density at radius 2 is 2.21 bits per heavy atom. The minimum atomic E-state index is 0.0251. The van der Waals surface area contributed by atoms with Crippen LogP contribution in [0.5, 0.6) is 0 Å². The van der Waals surface area contributed by atoms with Gasteiger partial charge in [-0.1, -0.05) is 18.2 Å². The van der Waals surface area contributed by atoms with Gasteiger partial charge in [0.15, 0.2) is 5.78 Å². The molecular formula is C11H10N2O. The maximum Gasteiger partial charge on any atom is 0.152 e. The first kappa shape index (κ1) is 8.69. The number of hydrogen-bond acceptors (Lipinski definition) is 2. The molecule has 0 saturated carbocycles. The molecule has 1 N–H and O–H groups in total. The Bertz CT molecular complexity index is 497. The molecule has 0 aliphatic heterocycles. The van der Waals surface area contributed by atoms with E-state index in [4.69, 9.17) is 0 Å². The first-order valence-electron chi connectivity index (χ1n) is 4.39. The van der Waals surface area contributed by atoms with E-state index >= 15 is 0 Å². The largest absolute Gasteiger partial charge is 0.295 e. The summed E-state index contributed by atoms with van der Waals surface area (Å²) in [7, 11) is 0. The highest BCUT2D eigenvalue weighted by Crippen LogP contribution is 2.15. The van der Waals surface area contributed by atoms with Gasteiger partial charge in [0.05, 0.1) is 11.2 Å². The minimum absolute atomic E-state index is 0.0251. The van der Waals surface area contributed by atoms with Crippen molar-refractivity contribution in [3.05, 3.63) is 36.0 Å². The number of benzene rings is 1. The molecular weight excluding hydrogens is 176 g/mol. The molecule has 0 fully saturated rings. The van der Waals surface area contributed by atoms with Crippen molar-refractivity contribution in [2.45, 2.75) is 6.92 Å². The van der Waals surface area contributed by atoms with Gasteiger partial charge in [-0.25, -0.2) is 0 Å². The Kier molecular flexibility index (Phi) is 2.14. The first-order chi connectivity index (χ1) is 6.77. The average molecular weight is 186 g/mol. The fraction of sp³-hybridized carbons (Fsp3) is 0.0909. The van der Waals surface area contributed by atoms with Crippen LogP contribution in [-0.2, 0) is 4.79 Å². The van der Waals surface area contributed by atoms with Crippen LogP contribution in [-0.4, -0.2) is 16.0 Å². The predicted molar refractivity (Wildman–Crippen MR) is 55.8 cm³/mol. The maximum absolute atomic E-state index is 10.8. The molecule has 1 aromatic heterocycles. The number of rotatable bonds is 2. The van der Waals surface area contributed by atoms with Gasteiger partial charge in [-0.2, -0.15) is 5.10 Å². The molecule has 0 amide bonds. The van der Waals surface area contributed by atoms with Gasteiger partial charge in [-0.05, 0) is 25.1 Å². The Morgan fingerprint density at radius 1 is 1.43 bits per heavy atom. The second-order valence-corrected chi connectivity index (χ2v) is 3.10. The zero-order chi connectivity index (χ0) is 9.97. The van der Waals surface area contributed by atoms with Gasteiger partial charge in [-0.15, -0.1) is 0 Å². The van der Waals surface area contributed by atoms with Crippen molar-refractivity contribution in [3.8, 4) is 0 Å². The number of ketones is 1. The predicted octanol–water partition coefficient (Wildman–Crippen LogP) is 2.17. The van der Waals surface area contributed by atoms with Crippen molar-refractivity contribution in [1.82, 2.24) is 10.2 Å². The van der Waals surface area contributed by atoms with E-state index in [2.05, 4.69) is 10.2 Å². The maximum atomic E-state index is 10.8. The number of carbonyl (C=O) groups excluding carboxylic acids is 1. The fourth-order valence-corrected chi connectivity index (χ4v) is 1.31. The molecule has 14 heavy (non-hydrogen) atoms. The highest BCUT2D eigenvalue weighted by Gasteiger charge is 2.00. The Morgan fingerprint density at radius 3 is 3.00 bits per heavy atom. The monoisotopic (exact) mass is 186 g/mol. The summed E-state index contributed by atoms with van der Waals surface area (Å²) in [4.78, 5) is 10.8. The summed E-state index contributed by atoms with van der Waals surface area (Å²) < 4.78 is 0. The van der Waals surface area contributed by atoms with Crippen molar-refractivity contribution in [1.29, 1.82) is 0 Å². The summed E-state index contributed by atoms with van der Waals surface area (Å²) in [5.41, 5.74) is 1.78. The quantitative estimate of drug-likeness (QED) is 0.730. The Labute approximate surface area is 81.4 Å². The summed E-state index contributed by atoms with van der Waals surface area (Å²) >= 11 is 0. The number of carbonyl (C=O) groups is 1. The molecule has 1 aromatic carbocycles. The summed E-state index contributed by atoms with van der Waals surface area (Å²) in [6, 6.07) is 7.81. The van der Waals surface area contributed by atoms with Crippen molar-refractivity contribution >= 4 is 22.8 Å². The summed E-state index contributed by atoms with van der Waals surface area (Å²) in [5, 5.41) is 8.03. The lowest BCUT2D eigenvalue weighted by atomic mass is 10.2. The standard InChI is InChI=1S/C11H10N2O/c1-8(14)6-7-11-9-4-2-3-5-10(9)12-13-11/h2-7H,1H3,(H,12,13). The van der Waals surface area contributed by atoms with Gasteiger partial charge < -0.3 is 0 Å². The van der Waals surface area contributed by atoms with Crippen LogP contribution >= 0.6 is 0 Å². The van der Waals surface area contributed by atoms with Gasteiger partial charge in [0, 0.05) is 5.39 Å². The highest BCUT2D eigenvalue weighted by atomic mass is 16.1. The topological polar surface area (TPSA) is 45.8 Å². The zero-order valence-electron chi connectivity index (χ0n) is 7.82. The molecule has 0 bridgehead atoms. The second-order valence-electron chi connectivity index (χ2n) is 3.10.